The maximum absolute atomic E-state index is 10.6. The molecule has 3 N–H and O–H groups in total. The summed E-state index contributed by atoms with van der Waals surface area (Å²) in [6, 6.07) is 12.0. The topological polar surface area (TPSA) is 311 Å². The van der Waals surface area contributed by atoms with E-state index in [9.17, 15) is 64.6 Å². The maximum Gasteiger partial charge on any atom is 1.00 e. The van der Waals surface area contributed by atoms with E-state index in [0.717, 1.165) is 16.2 Å². The Morgan fingerprint density at radius 1 is 0.481 bits per heavy atom. The summed E-state index contributed by atoms with van der Waals surface area (Å²) in [6.45, 7) is -1.56. The van der Waals surface area contributed by atoms with Crippen molar-refractivity contribution in [3.8, 4) is 0 Å². The van der Waals surface area contributed by atoms with Gasteiger partial charge in [0, 0.05) is 102 Å². The molecule has 2 aromatic carbocycles. The van der Waals surface area contributed by atoms with E-state index in [0.29, 0.717) is 5.06 Å². The first-order chi connectivity index (χ1) is 20.5. The monoisotopic (exact) mass is 1050 g/mol. The van der Waals surface area contributed by atoms with Gasteiger partial charge >= 0.3 is 177 Å². The zero-order valence-electron chi connectivity index (χ0n) is 29.8. The third-order valence-electron chi connectivity index (χ3n) is 4.88. The van der Waals surface area contributed by atoms with E-state index in [-0.39, 0.29) is 284 Å². The van der Waals surface area contributed by atoms with Crippen LogP contribution in [0.15, 0.2) is 48.5 Å². The van der Waals surface area contributed by atoms with Crippen LogP contribution < -0.4 is 208 Å². The molecule has 18 nitrogen and oxygen atoms in total. The van der Waals surface area contributed by atoms with Crippen molar-refractivity contribution in [2.45, 2.75) is 25.9 Å². The average molecular weight is 1050 g/mol. The number of hydroxylamine groups is 6. The van der Waals surface area contributed by atoms with Gasteiger partial charge in [-0.1, -0.05) is 48.5 Å². The summed E-state index contributed by atoms with van der Waals surface area (Å²) in [4.78, 5) is 60.3. The Morgan fingerprint density at radius 3 is 0.962 bits per heavy atom. The van der Waals surface area contributed by atoms with Gasteiger partial charge in [0.2, 0.25) is 0 Å². The number of aromatic carboxylic acids is 2. The van der Waals surface area contributed by atoms with Gasteiger partial charge in [-0.15, -0.1) is 0 Å². The SMILES string of the molecule is O=C([O-])CCN(O)CCC(=O)[O-].O=C([O-])CN(O)CC(=O)[O-].O=C([O-])c1ccc(CN(O)Cc2ccc(C(=O)[O-])cc2)cc1.[3HH].[Na+].[Na+].[Na+].[Na+].[Na+].[Na+].[U].[V]. The minimum absolute atomic E-state index is 0. The second-order valence-electron chi connectivity index (χ2n) is 8.56. The van der Waals surface area contributed by atoms with Crippen LogP contribution in [-0.4, -0.2) is 92.8 Å². The minimum Gasteiger partial charge on any atom is -0.550 e. The molecule has 0 aliphatic heterocycles. The number of carboxylic acids is 6. The molecule has 0 fully saturated rings. The van der Waals surface area contributed by atoms with Crippen molar-refractivity contribution >= 4 is 35.8 Å². The first-order valence-corrected chi connectivity index (χ1v) is 12.2. The summed E-state index contributed by atoms with van der Waals surface area (Å²) in [6.07, 6.45) is -0.660. The zero-order chi connectivity index (χ0) is 33.8. The van der Waals surface area contributed by atoms with Crippen LogP contribution in [0, 0.1) is 31.1 Å². The fraction of sp³-hybridized carbons (Fsp3) is 0.308. The van der Waals surface area contributed by atoms with Crippen LogP contribution in [0.4, 0.5) is 0 Å². The van der Waals surface area contributed by atoms with Crippen molar-refractivity contribution in [2.24, 2.45) is 0 Å². The van der Waals surface area contributed by atoms with Gasteiger partial charge in [-0.05, 0) is 22.3 Å². The predicted molar refractivity (Wildman–Crippen MR) is 131 cm³/mol. The van der Waals surface area contributed by atoms with Crippen molar-refractivity contribution in [3.63, 3.8) is 0 Å². The third-order valence-corrected chi connectivity index (χ3v) is 4.88. The van der Waals surface area contributed by atoms with E-state index in [4.69, 9.17) is 10.4 Å². The first kappa shape index (κ1) is 75.5. The molecule has 0 heterocycles. The number of hydrogen-bond donors (Lipinski definition) is 3. The largest absolute Gasteiger partial charge is 1.00 e. The molecule has 2 rings (SSSR count). The van der Waals surface area contributed by atoms with E-state index in [1.165, 1.54) is 24.3 Å². The van der Waals surface area contributed by atoms with Gasteiger partial charge in [0.1, 0.15) is 0 Å². The number of carbonyl (C=O) groups excluding carboxylic acids is 6. The van der Waals surface area contributed by atoms with Gasteiger partial charge in [-0.3, -0.25) is 0 Å². The second kappa shape index (κ2) is 44.8. The average Bonchev–Trinajstić information content (AvgIpc) is 2.91. The molecule has 0 amide bonds. The van der Waals surface area contributed by atoms with E-state index in [1.54, 1.807) is 24.3 Å². The summed E-state index contributed by atoms with van der Waals surface area (Å²) in [7, 11) is 0. The molecular formula is C26H29N3Na6O15UV. The van der Waals surface area contributed by atoms with Crippen molar-refractivity contribution in [1.82, 2.24) is 15.2 Å². The van der Waals surface area contributed by atoms with Gasteiger partial charge in [-0.2, -0.15) is 15.2 Å². The number of benzene rings is 2. The molecule has 0 saturated heterocycles. The van der Waals surface area contributed by atoms with Crippen molar-refractivity contribution in [2.75, 3.05) is 26.2 Å². The van der Waals surface area contributed by atoms with Crippen molar-refractivity contribution in [3.05, 3.63) is 70.8 Å². The Labute approximate surface area is 469 Å². The maximum atomic E-state index is 10.6. The van der Waals surface area contributed by atoms with Crippen LogP contribution >= 0.6 is 0 Å². The zero-order valence-corrected chi connectivity index (χ0v) is 47.4. The molecule has 0 spiro atoms. The molecule has 26 heteroatoms. The van der Waals surface area contributed by atoms with Crippen LogP contribution in [0.1, 0.15) is 46.1 Å². The van der Waals surface area contributed by atoms with Crippen LogP contribution in [0.2, 0.25) is 0 Å². The van der Waals surface area contributed by atoms with Crippen LogP contribution in [-0.2, 0) is 50.8 Å². The molecule has 2 aromatic rings. The fourth-order valence-electron chi connectivity index (χ4n) is 2.88. The molecule has 0 aromatic heterocycles. The summed E-state index contributed by atoms with van der Waals surface area (Å²) < 4.78 is 0. The molecule has 0 bridgehead atoms. The van der Waals surface area contributed by atoms with Crippen molar-refractivity contribution < 1.29 is 303 Å². The van der Waals surface area contributed by atoms with Crippen LogP contribution in [0.3, 0.4) is 0 Å². The van der Waals surface area contributed by atoms with E-state index in [1.807, 2.05) is 0 Å². The van der Waals surface area contributed by atoms with Crippen LogP contribution in [0.25, 0.3) is 0 Å². The standard InChI is InChI=1S/C16H15NO5.C6H11NO5.C4H7NO5.6Na.U.V.H2/c18-15(19)13-5-1-11(2-6-13)9-17(22)10-12-3-7-14(8-4-12)16(20)21;8-5(9)1-3-7(12)4-2-6(10)11;6-3(7)1-5(10)2-4(8)9;;;;;;;;;/h1-8,22H,9-10H2,(H,18,19)(H,20,21);12H,1-4H2,(H,8,9)(H,10,11);10H,1-2H2,(H,6,7)(H,8,9);;;;;;;;;1H/q;;;6*+1;;;/p-6/i;;;;;;;;;;;1+2. The minimum atomic E-state index is -1.55. The Balaban J connectivity index is -0.0000000655. The third kappa shape index (κ3) is 43.8. The predicted octanol–water partition coefficient (Wildman–Crippen LogP) is -24.8. The fourth-order valence-corrected chi connectivity index (χ4v) is 2.88. The van der Waals surface area contributed by atoms with Crippen LogP contribution in [0.5, 0.6) is 0 Å². The van der Waals surface area contributed by atoms with Gasteiger partial charge in [0.25, 0.3) is 0 Å². The summed E-state index contributed by atoms with van der Waals surface area (Å²) >= 11 is 0. The molecule has 0 unspecified atom stereocenters. The first-order valence-electron chi connectivity index (χ1n) is 12.2. The molecular weight excluding hydrogens is 1020 g/mol. The number of aliphatic carboxylic acids is 4. The second-order valence-corrected chi connectivity index (χ2v) is 8.56. The van der Waals surface area contributed by atoms with Gasteiger partial charge in [0.05, 0.1) is 37.0 Å². The normalized spacial score (nSPS) is 8.73. The summed E-state index contributed by atoms with van der Waals surface area (Å²) in [5, 5.41) is 89.1. The summed E-state index contributed by atoms with van der Waals surface area (Å²) in [5.74, 6) is -8.18. The number of hydrogen-bond acceptors (Lipinski definition) is 18. The smallest absolute Gasteiger partial charge is 0.550 e. The molecule has 0 aliphatic carbocycles. The molecule has 52 heavy (non-hydrogen) atoms. The van der Waals surface area contributed by atoms with Gasteiger partial charge in [-0.25, -0.2) is 0 Å². The number of carbonyl (C=O) groups is 6. The molecule has 253 valence electrons. The quantitative estimate of drug-likeness (QED) is 0.104. The Morgan fingerprint density at radius 2 is 0.750 bits per heavy atom. The van der Waals surface area contributed by atoms with Gasteiger partial charge in [0.15, 0.2) is 0 Å². The van der Waals surface area contributed by atoms with E-state index >= 15 is 0 Å². The summed E-state index contributed by atoms with van der Waals surface area (Å²) in [5.41, 5.74) is 1.62. The van der Waals surface area contributed by atoms with Crippen molar-refractivity contribution in [1.29, 1.82) is 0 Å². The van der Waals surface area contributed by atoms with E-state index < -0.39 is 48.9 Å². The number of nitrogens with zero attached hydrogens (tertiary/aromatic N) is 3. The van der Waals surface area contributed by atoms with Gasteiger partial charge < -0.3 is 75.0 Å². The Bertz CT molecular complexity index is 1190. The Kier molecular flexibility index (Phi) is 65.0. The molecule has 0 saturated carbocycles. The molecule has 0 atom stereocenters. The van der Waals surface area contributed by atoms with E-state index in [2.05, 4.69) is 0 Å². The molecule has 1 radical (unpaired) electrons. The Hall–Kier alpha value is 2.66. The number of carboxylic acid groups (broad SMARTS) is 6. The number of rotatable bonds is 16. The molecule has 0 aliphatic rings.